The molecule has 1 saturated carbocycles. The van der Waals surface area contributed by atoms with Crippen LogP contribution in [-0.2, 0) is 27.2 Å². The van der Waals surface area contributed by atoms with Crippen molar-refractivity contribution in [3.63, 3.8) is 0 Å². The molecule has 28 heavy (non-hydrogen) atoms. The molecule has 2 rings (SSSR count). The largest absolute Gasteiger partial charge is 0.416 e. The Kier molecular flexibility index (Phi) is 7.00. The van der Waals surface area contributed by atoms with Crippen LogP contribution in [0.2, 0.25) is 0 Å². The van der Waals surface area contributed by atoms with Crippen LogP contribution in [0, 0.1) is 11.8 Å². The molecule has 0 unspecified atom stereocenters. The predicted molar refractivity (Wildman–Crippen MR) is 104 cm³/mol. The van der Waals surface area contributed by atoms with E-state index in [0.717, 1.165) is 12.1 Å². The number of hydrogen-bond acceptors (Lipinski definition) is 3. The van der Waals surface area contributed by atoms with Crippen LogP contribution in [0.1, 0.15) is 64.0 Å². The second-order valence-corrected chi connectivity index (χ2v) is 11.1. The number of halogens is 3. The van der Waals surface area contributed by atoms with Gasteiger partial charge in [-0.1, -0.05) is 19.1 Å². The quantitative estimate of drug-likeness (QED) is 0.609. The summed E-state index contributed by atoms with van der Waals surface area (Å²) in [6.07, 6.45) is -1.01. The predicted octanol–water partition coefficient (Wildman–Crippen LogP) is 5.23. The van der Waals surface area contributed by atoms with Gasteiger partial charge in [0.05, 0.1) is 16.1 Å². The van der Waals surface area contributed by atoms with Crippen LogP contribution in [0.5, 0.6) is 0 Å². The van der Waals surface area contributed by atoms with E-state index in [1.807, 2.05) is 6.92 Å². The van der Waals surface area contributed by atoms with E-state index in [-0.39, 0.29) is 29.8 Å². The minimum atomic E-state index is -4.38. The summed E-state index contributed by atoms with van der Waals surface area (Å²) in [5, 5.41) is 0. The summed E-state index contributed by atoms with van der Waals surface area (Å²) in [5.41, 5.74) is -0.146. The van der Waals surface area contributed by atoms with Crippen molar-refractivity contribution in [2.75, 3.05) is 5.75 Å². The van der Waals surface area contributed by atoms with Crippen LogP contribution in [0.4, 0.5) is 13.2 Å². The average Bonchev–Trinajstić information content (AvgIpc) is 2.61. The topological polar surface area (TPSA) is 51.2 Å². The van der Waals surface area contributed by atoms with Gasteiger partial charge in [-0.05, 0) is 69.6 Å². The summed E-state index contributed by atoms with van der Waals surface area (Å²) in [6.45, 7) is 5.37. The molecule has 1 aromatic rings. The number of rotatable bonds is 7. The van der Waals surface area contributed by atoms with Crippen molar-refractivity contribution in [1.82, 2.24) is 0 Å². The standard InChI is InChI=1S/C21H29F3O3S/c1-4-20(2,3)28(26,27)14-16-5-9-17(10-6-16)19(25)13-15-7-11-18(12-8-15)21(22,23)24/h7-8,11-12,16-17H,4-6,9-10,13-14H2,1-3H3. The van der Waals surface area contributed by atoms with Gasteiger partial charge < -0.3 is 0 Å². The highest BCUT2D eigenvalue weighted by Gasteiger charge is 2.36. The minimum Gasteiger partial charge on any atom is -0.299 e. The van der Waals surface area contributed by atoms with E-state index in [1.165, 1.54) is 12.1 Å². The first-order chi connectivity index (χ1) is 12.9. The number of benzene rings is 1. The average molecular weight is 419 g/mol. The molecule has 0 heterocycles. The molecule has 0 N–H and O–H groups in total. The van der Waals surface area contributed by atoms with E-state index in [1.54, 1.807) is 13.8 Å². The molecule has 0 aromatic heterocycles. The molecule has 1 aliphatic carbocycles. The van der Waals surface area contributed by atoms with E-state index < -0.39 is 26.3 Å². The Morgan fingerprint density at radius 3 is 2.04 bits per heavy atom. The number of carbonyl (C=O) groups excluding carboxylic acids is 1. The summed E-state index contributed by atoms with van der Waals surface area (Å²) >= 11 is 0. The lowest BCUT2D eigenvalue weighted by molar-refractivity contribution is -0.137. The summed E-state index contributed by atoms with van der Waals surface area (Å²) < 4.78 is 62.2. The third-order valence-electron chi connectivity index (χ3n) is 6.11. The zero-order valence-electron chi connectivity index (χ0n) is 16.7. The third kappa shape index (κ3) is 5.58. The summed E-state index contributed by atoms with van der Waals surface area (Å²) in [5.74, 6) is 0.120. The van der Waals surface area contributed by atoms with E-state index in [2.05, 4.69) is 0 Å². The fourth-order valence-corrected chi connectivity index (χ4v) is 5.41. The molecule has 0 amide bonds. The highest BCUT2D eigenvalue weighted by molar-refractivity contribution is 7.92. The van der Waals surface area contributed by atoms with Crippen LogP contribution in [0.15, 0.2) is 24.3 Å². The summed E-state index contributed by atoms with van der Waals surface area (Å²) in [7, 11) is -3.19. The third-order valence-corrected chi connectivity index (χ3v) is 8.99. The maximum atomic E-state index is 12.6. The molecule has 158 valence electrons. The smallest absolute Gasteiger partial charge is 0.299 e. The zero-order chi connectivity index (χ0) is 21.2. The summed E-state index contributed by atoms with van der Waals surface area (Å²) in [4.78, 5) is 12.5. The van der Waals surface area contributed by atoms with E-state index in [4.69, 9.17) is 0 Å². The molecule has 0 radical (unpaired) electrons. The maximum absolute atomic E-state index is 12.6. The monoisotopic (exact) mass is 418 g/mol. The molecule has 0 atom stereocenters. The first kappa shape index (κ1) is 22.9. The normalized spacial score (nSPS) is 21.5. The van der Waals surface area contributed by atoms with Crippen LogP contribution < -0.4 is 0 Å². The highest BCUT2D eigenvalue weighted by Crippen LogP contribution is 2.34. The minimum absolute atomic E-state index is 0.0231. The van der Waals surface area contributed by atoms with Crippen molar-refractivity contribution < 1.29 is 26.4 Å². The Bertz CT molecular complexity index is 772. The van der Waals surface area contributed by atoms with Gasteiger partial charge in [-0.15, -0.1) is 0 Å². The molecule has 1 fully saturated rings. The second kappa shape index (κ2) is 8.56. The molecule has 3 nitrogen and oxygen atoms in total. The Hall–Kier alpha value is -1.37. The van der Waals surface area contributed by atoms with Crippen molar-refractivity contribution in [3.8, 4) is 0 Å². The van der Waals surface area contributed by atoms with E-state index in [0.29, 0.717) is 37.7 Å². The lowest BCUT2D eigenvalue weighted by atomic mass is 9.79. The first-order valence-corrected chi connectivity index (χ1v) is 11.4. The lowest BCUT2D eigenvalue weighted by Gasteiger charge is -2.31. The van der Waals surface area contributed by atoms with E-state index in [9.17, 15) is 26.4 Å². The molecule has 0 aliphatic heterocycles. The molecule has 1 aromatic carbocycles. The number of hydrogen-bond donors (Lipinski definition) is 0. The first-order valence-electron chi connectivity index (χ1n) is 9.77. The SMILES string of the molecule is CCC(C)(C)S(=O)(=O)CC1CCC(C(=O)Cc2ccc(C(F)(F)F)cc2)CC1. The fourth-order valence-electron chi connectivity index (χ4n) is 3.56. The van der Waals surface area contributed by atoms with Gasteiger partial charge in [0, 0.05) is 12.3 Å². The molecule has 0 saturated heterocycles. The number of Topliss-reactive ketones (excluding diaryl/α,β-unsaturated/α-hetero) is 1. The highest BCUT2D eigenvalue weighted by atomic mass is 32.2. The Balaban J connectivity index is 1.88. The Morgan fingerprint density at radius 2 is 1.57 bits per heavy atom. The molecule has 0 spiro atoms. The maximum Gasteiger partial charge on any atom is 0.416 e. The lowest BCUT2D eigenvalue weighted by Crippen LogP contribution is -2.37. The zero-order valence-corrected chi connectivity index (χ0v) is 17.5. The van der Waals surface area contributed by atoms with Gasteiger partial charge in [0.15, 0.2) is 9.84 Å². The molecular weight excluding hydrogens is 389 g/mol. The molecule has 7 heteroatoms. The number of sulfone groups is 1. The van der Waals surface area contributed by atoms with Crippen LogP contribution >= 0.6 is 0 Å². The Morgan fingerprint density at radius 1 is 1.04 bits per heavy atom. The molecule has 0 bridgehead atoms. The number of carbonyl (C=O) groups is 1. The van der Waals surface area contributed by atoms with Gasteiger partial charge in [0.1, 0.15) is 5.78 Å². The van der Waals surface area contributed by atoms with Crippen LogP contribution in [0.25, 0.3) is 0 Å². The van der Waals surface area contributed by atoms with Gasteiger partial charge in [-0.2, -0.15) is 13.2 Å². The Labute approximate surface area is 165 Å². The van der Waals surface area contributed by atoms with Crippen molar-refractivity contribution in [2.45, 2.75) is 70.2 Å². The van der Waals surface area contributed by atoms with Crippen molar-refractivity contribution in [1.29, 1.82) is 0 Å². The molecular formula is C21H29F3O3S. The second-order valence-electron chi connectivity index (χ2n) is 8.45. The fraction of sp³-hybridized carbons (Fsp3) is 0.667. The van der Waals surface area contributed by atoms with Gasteiger partial charge in [0.2, 0.25) is 0 Å². The van der Waals surface area contributed by atoms with Crippen molar-refractivity contribution >= 4 is 15.6 Å². The number of ketones is 1. The number of alkyl halides is 3. The van der Waals surface area contributed by atoms with Gasteiger partial charge in [-0.3, -0.25) is 4.79 Å². The van der Waals surface area contributed by atoms with Gasteiger partial charge >= 0.3 is 6.18 Å². The summed E-state index contributed by atoms with van der Waals surface area (Å²) in [6, 6.07) is 4.71. The van der Waals surface area contributed by atoms with Crippen molar-refractivity contribution in [3.05, 3.63) is 35.4 Å². The molecule has 1 aliphatic rings. The van der Waals surface area contributed by atoms with E-state index >= 15 is 0 Å². The van der Waals surface area contributed by atoms with Crippen LogP contribution in [-0.4, -0.2) is 24.7 Å². The van der Waals surface area contributed by atoms with Gasteiger partial charge in [-0.25, -0.2) is 8.42 Å². The van der Waals surface area contributed by atoms with Crippen molar-refractivity contribution in [2.24, 2.45) is 11.8 Å². The van der Waals surface area contributed by atoms with Gasteiger partial charge in [0.25, 0.3) is 0 Å². The van der Waals surface area contributed by atoms with Crippen LogP contribution in [0.3, 0.4) is 0 Å².